The normalized spacial score (nSPS) is 12.1. The number of carboxylic acids is 1. The van der Waals surface area contributed by atoms with E-state index in [1.807, 2.05) is 23.5 Å². The summed E-state index contributed by atoms with van der Waals surface area (Å²) < 4.78 is 59.9. The second-order valence-corrected chi connectivity index (χ2v) is 8.26. The van der Waals surface area contributed by atoms with Crippen LogP contribution in [0.3, 0.4) is 0 Å². The number of aliphatic carboxylic acids is 1. The third-order valence-corrected chi connectivity index (χ3v) is 5.58. The molecule has 0 saturated heterocycles. The number of ether oxygens (including phenoxy) is 1. The van der Waals surface area contributed by atoms with E-state index in [1.165, 1.54) is 0 Å². The molecule has 1 amide bonds. The van der Waals surface area contributed by atoms with Crippen molar-refractivity contribution >= 4 is 29.3 Å². The van der Waals surface area contributed by atoms with E-state index < -0.39 is 46.1 Å². The summed E-state index contributed by atoms with van der Waals surface area (Å²) in [5, 5.41) is 13.7. The summed E-state index contributed by atoms with van der Waals surface area (Å²) in [5.41, 5.74) is -1.66. The van der Waals surface area contributed by atoms with Crippen LogP contribution in [-0.4, -0.2) is 41.7 Å². The molecule has 0 aliphatic carbocycles. The average Bonchev–Trinajstić information content (AvgIpc) is 2.85. The molecule has 0 aliphatic heterocycles. The fraction of sp³-hybridized carbons (Fsp3) is 0.240. The zero-order chi connectivity index (χ0) is 27.2. The zero-order valence-electron chi connectivity index (χ0n) is 19.4. The Bertz CT molecular complexity index is 1270. The molecule has 3 rings (SSSR count). The van der Waals surface area contributed by atoms with Crippen LogP contribution >= 0.6 is 11.6 Å². The van der Waals surface area contributed by atoms with Crippen molar-refractivity contribution in [2.45, 2.75) is 25.1 Å². The Morgan fingerprint density at radius 3 is 2.43 bits per heavy atom. The molecule has 0 bridgehead atoms. The van der Waals surface area contributed by atoms with Gasteiger partial charge in [-0.05, 0) is 42.0 Å². The third-order valence-electron chi connectivity index (χ3n) is 5.28. The number of hydrogen-bond donors (Lipinski definition) is 3. The number of pyridine rings is 1. The van der Waals surface area contributed by atoms with Crippen molar-refractivity contribution < 1.29 is 37.0 Å². The molecule has 0 spiro atoms. The number of nitrogens with one attached hydrogen (secondary N) is 2. The van der Waals surface area contributed by atoms with Gasteiger partial charge in [0.1, 0.15) is 17.6 Å². The van der Waals surface area contributed by atoms with Crippen LogP contribution in [0.25, 0.3) is 0 Å². The first-order chi connectivity index (χ1) is 17.5. The quantitative estimate of drug-likeness (QED) is 0.314. The predicted octanol–water partition coefficient (Wildman–Crippen LogP) is 4.98. The molecule has 7 nitrogen and oxygen atoms in total. The number of carboxylic acid groups (broad SMARTS) is 1. The number of aromatic nitrogens is 1. The van der Waals surface area contributed by atoms with Crippen molar-refractivity contribution in [1.29, 1.82) is 0 Å². The minimum absolute atomic E-state index is 0.272. The van der Waals surface area contributed by atoms with Gasteiger partial charge in [0.2, 0.25) is 0 Å². The van der Waals surface area contributed by atoms with E-state index in [-0.39, 0.29) is 6.42 Å². The Morgan fingerprint density at radius 2 is 1.81 bits per heavy atom. The fourth-order valence-electron chi connectivity index (χ4n) is 3.43. The highest BCUT2D eigenvalue weighted by molar-refractivity contribution is 6.31. The number of amides is 1. The lowest BCUT2D eigenvalue weighted by Crippen LogP contribution is -2.43. The van der Waals surface area contributed by atoms with E-state index in [0.717, 1.165) is 11.5 Å². The predicted molar refractivity (Wildman–Crippen MR) is 128 cm³/mol. The van der Waals surface area contributed by atoms with Crippen LogP contribution in [0.1, 0.15) is 27.2 Å². The lowest BCUT2D eigenvalue weighted by atomic mass is 10.0. The first kappa shape index (κ1) is 27.7. The average molecular weight is 540 g/mol. The molecule has 1 aromatic heterocycles. The molecule has 3 aromatic rings. The molecule has 3 N–H and O–H groups in total. The van der Waals surface area contributed by atoms with Crippen molar-refractivity contribution in [2.75, 3.05) is 19.0 Å². The number of halogens is 5. The SMILES string of the molecule is CNc1cccc(CCOc2ccc(C[C@H](NC(=O)c3c(C(F)(F)F)ccc(Cl)c3F)C(=O)O)cc2)n1. The van der Waals surface area contributed by atoms with Crippen LogP contribution in [0.2, 0.25) is 5.02 Å². The molecular formula is C25H22ClF4N3O4. The highest BCUT2D eigenvalue weighted by atomic mass is 35.5. The third kappa shape index (κ3) is 7.32. The molecule has 0 radical (unpaired) electrons. The van der Waals surface area contributed by atoms with Crippen LogP contribution in [0.5, 0.6) is 5.75 Å². The standard InChI is InChI=1S/C25H22ClF4N3O4/c1-31-20-4-2-3-15(32-20)11-12-37-16-7-5-14(6-8-16)13-19(24(35)36)33-23(34)21-17(25(28,29)30)9-10-18(26)22(21)27/h2-10,19H,11-13H2,1H3,(H,31,32)(H,33,34)(H,35,36)/t19-/m0/s1. The first-order valence-corrected chi connectivity index (χ1v) is 11.3. The van der Waals surface area contributed by atoms with Crippen LogP contribution in [0, 0.1) is 5.82 Å². The minimum atomic E-state index is -5.06. The Labute approximate surface area is 214 Å². The second kappa shape index (κ2) is 11.9. The number of alkyl halides is 3. The van der Waals surface area contributed by atoms with E-state index >= 15 is 0 Å². The molecule has 0 fully saturated rings. The maximum atomic E-state index is 14.4. The zero-order valence-corrected chi connectivity index (χ0v) is 20.2. The monoisotopic (exact) mass is 539 g/mol. The second-order valence-electron chi connectivity index (χ2n) is 7.86. The van der Waals surface area contributed by atoms with Crippen molar-refractivity contribution in [3.8, 4) is 5.75 Å². The van der Waals surface area contributed by atoms with Gasteiger partial charge < -0.3 is 20.5 Å². The number of nitrogens with zero attached hydrogens (tertiary/aromatic N) is 1. The van der Waals surface area contributed by atoms with Crippen molar-refractivity contribution in [2.24, 2.45) is 0 Å². The number of carbonyl (C=O) groups excluding carboxylic acids is 1. The van der Waals surface area contributed by atoms with Crippen molar-refractivity contribution in [1.82, 2.24) is 10.3 Å². The van der Waals surface area contributed by atoms with Gasteiger partial charge in [0.15, 0.2) is 5.82 Å². The van der Waals surface area contributed by atoms with Gasteiger partial charge in [-0.15, -0.1) is 0 Å². The van der Waals surface area contributed by atoms with Gasteiger partial charge in [-0.2, -0.15) is 13.2 Å². The molecular weight excluding hydrogens is 518 g/mol. The van der Waals surface area contributed by atoms with E-state index in [2.05, 4.69) is 10.3 Å². The number of carbonyl (C=O) groups is 2. The lowest BCUT2D eigenvalue weighted by molar-refractivity contribution is -0.139. The molecule has 196 valence electrons. The minimum Gasteiger partial charge on any atom is -0.493 e. The molecule has 0 saturated carbocycles. The van der Waals surface area contributed by atoms with Crippen LogP contribution in [0.15, 0.2) is 54.6 Å². The Balaban J connectivity index is 1.65. The van der Waals surface area contributed by atoms with Crippen LogP contribution in [-0.2, 0) is 23.8 Å². The Kier molecular flexibility index (Phi) is 8.93. The van der Waals surface area contributed by atoms with E-state index in [0.29, 0.717) is 36.5 Å². The van der Waals surface area contributed by atoms with Gasteiger partial charge in [-0.3, -0.25) is 4.79 Å². The van der Waals surface area contributed by atoms with Gasteiger partial charge in [0, 0.05) is 25.6 Å². The maximum Gasteiger partial charge on any atom is 0.417 e. The van der Waals surface area contributed by atoms with Gasteiger partial charge in [0.05, 0.1) is 22.8 Å². The number of hydrogen-bond acceptors (Lipinski definition) is 5. The van der Waals surface area contributed by atoms with Gasteiger partial charge in [0.25, 0.3) is 5.91 Å². The smallest absolute Gasteiger partial charge is 0.417 e. The molecule has 0 unspecified atom stereocenters. The van der Waals surface area contributed by atoms with E-state index in [9.17, 15) is 32.3 Å². The molecule has 1 heterocycles. The van der Waals surface area contributed by atoms with Crippen LogP contribution in [0.4, 0.5) is 23.4 Å². The molecule has 1 atom stereocenters. The maximum absolute atomic E-state index is 14.4. The lowest BCUT2D eigenvalue weighted by Gasteiger charge is -2.18. The number of rotatable bonds is 10. The number of anilines is 1. The van der Waals surface area contributed by atoms with Gasteiger partial charge in [-0.1, -0.05) is 29.8 Å². The first-order valence-electron chi connectivity index (χ1n) is 10.9. The van der Waals surface area contributed by atoms with Crippen molar-refractivity contribution in [3.05, 3.63) is 87.8 Å². The Hall–Kier alpha value is -3.86. The van der Waals surface area contributed by atoms with E-state index in [4.69, 9.17) is 16.3 Å². The summed E-state index contributed by atoms with van der Waals surface area (Å²) in [4.78, 5) is 28.6. The summed E-state index contributed by atoms with van der Waals surface area (Å²) in [7, 11) is 1.76. The summed E-state index contributed by atoms with van der Waals surface area (Å²) >= 11 is 5.55. The van der Waals surface area contributed by atoms with Gasteiger partial charge >= 0.3 is 12.1 Å². The molecule has 0 aliphatic rings. The van der Waals surface area contributed by atoms with E-state index in [1.54, 1.807) is 31.3 Å². The summed E-state index contributed by atoms with van der Waals surface area (Å²) in [6.07, 6.45) is -4.78. The summed E-state index contributed by atoms with van der Waals surface area (Å²) in [6.45, 7) is 0.333. The molecule has 37 heavy (non-hydrogen) atoms. The topological polar surface area (TPSA) is 101 Å². The Morgan fingerprint density at radius 1 is 1.11 bits per heavy atom. The molecule has 12 heteroatoms. The highest BCUT2D eigenvalue weighted by Crippen LogP contribution is 2.35. The summed E-state index contributed by atoms with van der Waals surface area (Å²) in [5.74, 6) is -3.42. The fourth-order valence-corrected chi connectivity index (χ4v) is 3.59. The van der Waals surface area contributed by atoms with Crippen LogP contribution < -0.4 is 15.4 Å². The van der Waals surface area contributed by atoms with Gasteiger partial charge in [-0.25, -0.2) is 14.2 Å². The number of benzene rings is 2. The highest BCUT2D eigenvalue weighted by Gasteiger charge is 2.38. The molecule has 2 aromatic carbocycles. The van der Waals surface area contributed by atoms with Crippen molar-refractivity contribution in [3.63, 3.8) is 0 Å². The summed E-state index contributed by atoms with van der Waals surface area (Å²) in [6, 6.07) is 11.3. The largest absolute Gasteiger partial charge is 0.493 e.